The molecule has 1 aromatic carbocycles. The SMILES string of the molecule is CCCNc1ccccc1C(=O)NCC(C)C. The number of amides is 1. The molecule has 0 radical (unpaired) electrons. The highest BCUT2D eigenvalue weighted by Crippen LogP contribution is 2.14. The summed E-state index contributed by atoms with van der Waals surface area (Å²) in [6.07, 6.45) is 1.04. The summed E-state index contributed by atoms with van der Waals surface area (Å²) in [6, 6.07) is 7.63. The summed E-state index contributed by atoms with van der Waals surface area (Å²) in [5, 5.41) is 6.21. The first-order valence-corrected chi connectivity index (χ1v) is 6.26. The van der Waals surface area contributed by atoms with Crippen LogP contribution in [0.4, 0.5) is 5.69 Å². The lowest BCUT2D eigenvalue weighted by molar-refractivity contribution is 0.0950. The Labute approximate surface area is 104 Å². The highest BCUT2D eigenvalue weighted by molar-refractivity contribution is 5.99. The van der Waals surface area contributed by atoms with Gasteiger partial charge in [-0.2, -0.15) is 0 Å². The topological polar surface area (TPSA) is 41.1 Å². The van der Waals surface area contributed by atoms with Crippen LogP contribution in [0.3, 0.4) is 0 Å². The van der Waals surface area contributed by atoms with Crippen LogP contribution in [0.15, 0.2) is 24.3 Å². The van der Waals surface area contributed by atoms with Gasteiger partial charge in [0.25, 0.3) is 5.91 Å². The van der Waals surface area contributed by atoms with E-state index < -0.39 is 0 Å². The number of carbonyl (C=O) groups excluding carboxylic acids is 1. The zero-order valence-corrected chi connectivity index (χ0v) is 10.9. The van der Waals surface area contributed by atoms with E-state index in [1.54, 1.807) is 0 Å². The van der Waals surface area contributed by atoms with Crippen LogP contribution in [0.5, 0.6) is 0 Å². The molecular weight excluding hydrogens is 212 g/mol. The van der Waals surface area contributed by atoms with Gasteiger partial charge in [-0.05, 0) is 24.5 Å². The third-order valence-electron chi connectivity index (χ3n) is 2.41. The molecule has 1 amide bonds. The Bertz CT molecular complexity index is 361. The van der Waals surface area contributed by atoms with Crippen LogP contribution in [0.25, 0.3) is 0 Å². The van der Waals surface area contributed by atoms with Gasteiger partial charge in [0, 0.05) is 18.8 Å². The molecule has 0 bridgehead atoms. The van der Waals surface area contributed by atoms with Crippen molar-refractivity contribution in [3.8, 4) is 0 Å². The summed E-state index contributed by atoms with van der Waals surface area (Å²) in [4.78, 5) is 12.0. The fourth-order valence-corrected chi connectivity index (χ4v) is 1.49. The van der Waals surface area contributed by atoms with Gasteiger partial charge in [0.2, 0.25) is 0 Å². The zero-order chi connectivity index (χ0) is 12.7. The summed E-state index contributed by atoms with van der Waals surface area (Å²) in [5.41, 5.74) is 1.64. The lowest BCUT2D eigenvalue weighted by atomic mass is 10.1. The second-order valence-electron chi connectivity index (χ2n) is 4.58. The van der Waals surface area contributed by atoms with Gasteiger partial charge in [-0.3, -0.25) is 4.79 Å². The average molecular weight is 234 g/mol. The van der Waals surface area contributed by atoms with E-state index in [1.807, 2.05) is 24.3 Å². The highest BCUT2D eigenvalue weighted by Gasteiger charge is 2.10. The number of carbonyl (C=O) groups is 1. The molecule has 0 fully saturated rings. The summed E-state index contributed by atoms with van der Waals surface area (Å²) in [6.45, 7) is 7.87. The normalized spacial score (nSPS) is 10.4. The van der Waals surface area contributed by atoms with Gasteiger partial charge in [-0.15, -0.1) is 0 Å². The lowest BCUT2D eigenvalue weighted by Crippen LogP contribution is -2.28. The molecule has 1 rings (SSSR count). The van der Waals surface area contributed by atoms with Crippen molar-refractivity contribution in [1.29, 1.82) is 0 Å². The van der Waals surface area contributed by atoms with E-state index in [9.17, 15) is 4.79 Å². The van der Waals surface area contributed by atoms with E-state index in [0.29, 0.717) is 12.5 Å². The largest absolute Gasteiger partial charge is 0.384 e. The molecule has 0 saturated heterocycles. The van der Waals surface area contributed by atoms with Crippen LogP contribution in [0.1, 0.15) is 37.6 Å². The third-order valence-corrected chi connectivity index (χ3v) is 2.41. The number of hydrogen-bond acceptors (Lipinski definition) is 2. The Kier molecular flexibility index (Phi) is 5.53. The minimum atomic E-state index is -0.00194. The number of hydrogen-bond donors (Lipinski definition) is 2. The van der Waals surface area contributed by atoms with Crippen molar-refractivity contribution in [1.82, 2.24) is 5.32 Å². The fraction of sp³-hybridized carbons (Fsp3) is 0.500. The molecule has 0 aliphatic rings. The maximum atomic E-state index is 12.0. The fourth-order valence-electron chi connectivity index (χ4n) is 1.49. The van der Waals surface area contributed by atoms with E-state index in [0.717, 1.165) is 24.2 Å². The van der Waals surface area contributed by atoms with Crippen molar-refractivity contribution >= 4 is 11.6 Å². The van der Waals surface area contributed by atoms with Crippen molar-refractivity contribution in [3.05, 3.63) is 29.8 Å². The molecule has 0 atom stereocenters. The number of para-hydroxylation sites is 1. The van der Waals surface area contributed by atoms with E-state index in [2.05, 4.69) is 31.4 Å². The van der Waals surface area contributed by atoms with Gasteiger partial charge < -0.3 is 10.6 Å². The maximum Gasteiger partial charge on any atom is 0.253 e. The Balaban J connectivity index is 2.70. The standard InChI is InChI=1S/C14H22N2O/c1-4-9-15-13-8-6-5-7-12(13)14(17)16-10-11(2)3/h5-8,11,15H,4,9-10H2,1-3H3,(H,16,17). The molecule has 94 valence electrons. The van der Waals surface area contributed by atoms with Crippen molar-refractivity contribution in [3.63, 3.8) is 0 Å². The third kappa shape index (κ3) is 4.47. The molecule has 3 heteroatoms. The minimum absolute atomic E-state index is 0.00194. The maximum absolute atomic E-state index is 12.0. The molecule has 0 spiro atoms. The number of nitrogens with one attached hydrogen (secondary N) is 2. The van der Waals surface area contributed by atoms with Crippen molar-refractivity contribution in [2.75, 3.05) is 18.4 Å². The number of anilines is 1. The molecular formula is C14H22N2O. The molecule has 0 aromatic heterocycles. The molecule has 3 nitrogen and oxygen atoms in total. The molecule has 17 heavy (non-hydrogen) atoms. The summed E-state index contributed by atoms with van der Waals surface area (Å²) >= 11 is 0. The summed E-state index contributed by atoms with van der Waals surface area (Å²) < 4.78 is 0. The average Bonchev–Trinajstić information content (AvgIpc) is 2.33. The predicted octanol–water partition coefficient (Wildman–Crippen LogP) is 2.89. The van der Waals surface area contributed by atoms with Crippen molar-refractivity contribution < 1.29 is 4.79 Å². The molecule has 0 aliphatic heterocycles. The highest BCUT2D eigenvalue weighted by atomic mass is 16.1. The molecule has 1 aromatic rings. The Morgan fingerprint density at radius 3 is 2.65 bits per heavy atom. The Morgan fingerprint density at radius 1 is 1.29 bits per heavy atom. The molecule has 0 aliphatic carbocycles. The van der Waals surface area contributed by atoms with Crippen LogP contribution in [0, 0.1) is 5.92 Å². The number of benzene rings is 1. The van der Waals surface area contributed by atoms with Gasteiger partial charge in [-0.25, -0.2) is 0 Å². The van der Waals surface area contributed by atoms with E-state index >= 15 is 0 Å². The van der Waals surface area contributed by atoms with Crippen LogP contribution >= 0.6 is 0 Å². The second-order valence-corrected chi connectivity index (χ2v) is 4.58. The lowest BCUT2D eigenvalue weighted by Gasteiger charge is -2.12. The van der Waals surface area contributed by atoms with E-state index in [4.69, 9.17) is 0 Å². The van der Waals surface area contributed by atoms with Gasteiger partial charge in [0.05, 0.1) is 5.56 Å². The quantitative estimate of drug-likeness (QED) is 0.794. The summed E-state index contributed by atoms with van der Waals surface area (Å²) in [5.74, 6) is 0.465. The molecule has 2 N–H and O–H groups in total. The molecule has 0 unspecified atom stereocenters. The predicted molar refractivity (Wildman–Crippen MR) is 72.4 cm³/mol. The van der Waals surface area contributed by atoms with Crippen LogP contribution in [-0.2, 0) is 0 Å². The molecule has 0 saturated carbocycles. The summed E-state index contributed by atoms with van der Waals surface area (Å²) in [7, 11) is 0. The van der Waals surface area contributed by atoms with Crippen LogP contribution < -0.4 is 10.6 Å². The van der Waals surface area contributed by atoms with Gasteiger partial charge in [0.15, 0.2) is 0 Å². The van der Waals surface area contributed by atoms with Gasteiger partial charge in [-0.1, -0.05) is 32.9 Å². The zero-order valence-electron chi connectivity index (χ0n) is 10.9. The first-order valence-electron chi connectivity index (χ1n) is 6.26. The van der Waals surface area contributed by atoms with Gasteiger partial charge in [0.1, 0.15) is 0 Å². The van der Waals surface area contributed by atoms with Crippen molar-refractivity contribution in [2.45, 2.75) is 27.2 Å². The van der Waals surface area contributed by atoms with Gasteiger partial charge >= 0.3 is 0 Å². The second kappa shape index (κ2) is 6.94. The van der Waals surface area contributed by atoms with E-state index in [1.165, 1.54) is 0 Å². The first-order chi connectivity index (χ1) is 8.15. The number of rotatable bonds is 6. The molecule has 0 heterocycles. The Morgan fingerprint density at radius 2 is 2.00 bits per heavy atom. The minimum Gasteiger partial charge on any atom is -0.384 e. The smallest absolute Gasteiger partial charge is 0.253 e. The van der Waals surface area contributed by atoms with Crippen LogP contribution in [0.2, 0.25) is 0 Å². The first kappa shape index (κ1) is 13.6. The van der Waals surface area contributed by atoms with E-state index in [-0.39, 0.29) is 5.91 Å². The Hall–Kier alpha value is -1.51. The van der Waals surface area contributed by atoms with Crippen LogP contribution in [-0.4, -0.2) is 19.0 Å². The monoisotopic (exact) mass is 234 g/mol. The van der Waals surface area contributed by atoms with Crippen molar-refractivity contribution in [2.24, 2.45) is 5.92 Å².